The summed E-state index contributed by atoms with van der Waals surface area (Å²) in [6, 6.07) is 2.52. The molecule has 3 nitrogen and oxygen atoms in total. The molecule has 0 amide bonds. The van der Waals surface area contributed by atoms with Gasteiger partial charge in [0.1, 0.15) is 0 Å². The second-order valence-electron chi connectivity index (χ2n) is 4.91. The molecule has 3 aliphatic heterocycles. The van der Waals surface area contributed by atoms with Gasteiger partial charge in [0, 0.05) is 12.1 Å². The molecule has 1 aromatic heterocycles. The number of aromatic nitrogens is 1. The molecule has 0 saturated carbocycles. The molecule has 2 bridgehead atoms. The zero-order valence-corrected chi connectivity index (χ0v) is 9.51. The molecule has 0 radical (unpaired) electrons. The molecule has 1 aromatic rings. The summed E-state index contributed by atoms with van der Waals surface area (Å²) >= 11 is 0. The lowest BCUT2D eigenvalue weighted by Crippen LogP contribution is -2.38. The van der Waals surface area contributed by atoms with Gasteiger partial charge >= 0.3 is 0 Å². The number of hydrogen-bond donors (Lipinski definition) is 0. The maximum atomic E-state index is 5.08. The van der Waals surface area contributed by atoms with Gasteiger partial charge in [0.2, 0.25) is 0 Å². The van der Waals surface area contributed by atoms with E-state index < -0.39 is 0 Å². The van der Waals surface area contributed by atoms with Crippen LogP contribution in [0.2, 0.25) is 0 Å². The lowest BCUT2D eigenvalue weighted by atomic mass is 9.90. The Balaban J connectivity index is 1.70. The number of hydrogen-bond acceptors (Lipinski definition) is 3. The minimum atomic E-state index is 0.617. The number of nitrogens with zero attached hydrogens (tertiary/aromatic N) is 2. The van der Waals surface area contributed by atoms with Gasteiger partial charge in [0.15, 0.2) is 5.76 Å². The summed E-state index contributed by atoms with van der Waals surface area (Å²) < 4.78 is 5.08. The first-order chi connectivity index (χ1) is 7.92. The van der Waals surface area contributed by atoms with Crippen molar-refractivity contribution in [3.63, 3.8) is 0 Å². The van der Waals surface area contributed by atoms with Gasteiger partial charge in [-0.3, -0.25) is 4.90 Å². The van der Waals surface area contributed by atoms with Crippen molar-refractivity contribution in [1.82, 2.24) is 10.1 Å². The van der Waals surface area contributed by atoms with Gasteiger partial charge in [-0.25, -0.2) is 0 Å². The van der Waals surface area contributed by atoms with Crippen LogP contribution in [0.25, 0.3) is 6.08 Å². The van der Waals surface area contributed by atoms with Crippen LogP contribution in [0.4, 0.5) is 0 Å². The molecule has 0 aliphatic carbocycles. The first-order valence-electron chi connectivity index (χ1n) is 6.25. The predicted octanol–water partition coefficient (Wildman–Crippen LogP) is 2.56. The van der Waals surface area contributed by atoms with Crippen molar-refractivity contribution in [2.24, 2.45) is 5.92 Å². The molecule has 3 atom stereocenters. The minimum absolute atomic E-state index is 0.617. The fourth-order valence-electron chi connectivity index (χ4n) is 2.96. The average Bonchev–Trinajstić information content (AvgIpc) is 2.63. The zero-order chi connectivity index (χ0) is 10.8. The van der Waals surface area contributed by atoms with E-state index >= 15 is 0 Å². The Labute approximate surface area is 96.1 Å². The highest BCUT2D eigenvalue weighted by molar-refractivity contribution is 5.42. The van der Waals surface area contributed by atoms with Crippen LogP contribution in [-0.2, 0) is 0 Å². The molecular formula is C13H18N2O. The molecule has 3 fully saturated rings. The largest absolute Gasteiger partial charge is 0.357 e. The van der Waals surface area contributed by atoms with Crippen molar-refractivity contribution in [3.8, 4) is 0 Å². The third kappa shape index (κ3) is 2.05. The molecule has 4 heterocycles. The van der Waals surface area contributed by atoms with Crippen molar-refractivity contribution in [2.45, 2.75) is 31.7 Å². The summed E-state index contributed by atoms with van der Waals surface area (Å²) in [4.78, 5) is 2.61. The Morgan fingerprint density at radius 3 is 3.25 bits per heavy atom. The van der Waals surface area contributed by atoms with Crippen molar-refractivity contribution in [1.29, 1.82) is 0 Å². The number of piperidine rings is 1. The van der Waals surface area contributed by atoms with Gasteiger partial charge < -0.3 is 4.52 Å². The molecule has 0 spiro atoms. The Bertz CT molecular complexity index is 354. The highest BCUT2D eigenvalue weighted by Crippen LogP contribution is 2.31. The molecule has 16 heavy (non-hydrogen) atoms. The molecule has 3 saturated heterocycles. The maximum Gasteiger partial charge on any atom is 0.159 e. The van der Waals surface area contributed by atoms with Gasteiger partial charge in [-0.2, -0.15) is 0 Å². The van der Waals surface area contributed by atoms with Gasteiger partial charge in [0.25, 0.3) is 0 Å². The summed E-state index contributed by atoms with van der Waals surface area (Å²) in [5, 5.41) is 3.71. The molecule has 0 aromatic carbocycles. The predicted molar refractivity (Wildman–Crippen MR) is 62.9 cm³/mol. The summed E-state index contributed by atoms with van der Waals surface area (Å²) in [6.45, 7) is 2.54. The van der Waals surface area contributed by atoms with E-state index in [-0.39, 0.29) is 0 Å². The van der Waals surface area contributed by atoms with Crippen LogP contribution in [0, 0.1) is 5.92 Å². The Kier molecular flexibility index (Phi) is 2.79. The highest BCUT2D eigenvalue weighted by atomic mass is 16.5. The van der Waals surface area contributed by atoms with Crippen LogP contribution in [0.1, 0.15) is 31.4 Å². The highest BCUT2D eigenvalue weighted by Gasteiger charge is 2.29. The lowest BCUT2D eigenvalue weighted by molar-refractivity contribution is 0.176. The van der Waals surface area contributed by atoms with E-state index in [1.165, 1.54) is 38.8 Å². The fraction of sp³-hybridized carbons (Fsp3) is 0.615. The standard InChI is InChI=1S/C13H18N2O/c1-2-11-6-9-15(8-1)12(10-11)3-4-13-5-7-14-16-13/h3-5,7,11-12H,1-2,6,8-10H2/b4-3-. The van der Waals surface area contributed by atoms with Gasteiger partial charge in [0.05, 0.1) is 6.20 Å². The van der Waals surface area contributed by atoms with E-state index in [1.54, 1.807) is 6.20 Å². The quantitative estimate of drug-likeness (QED) is 0.764. The lowest BCUT2D eigenvalue weighted by Gasteiger charge is -2.34. The SMILES string of the molecule is C(=C/C1CC2CCCN1CC2)/c1ccno1. The third-order valence-electron chi connectivity index (χ3n) is 3.87. The van der Waals surface area contributed by atoms with Crippen LogP contribution >= 0.6 is 0 Å². The van der Waals surface area contributed by atoms with Crippen LogP contribution in [0.5, 0.6) is 0 Å². The fourth-order valence-corrected chi connectivity index (χ4v) is 2.96. The topological polar surface area (TPSA) is 29.3 Å². The smallest absolute Gasteiger partial charge is 0.159 e. The summed E-state index contributed by atoms with van der Waals surface area (Å²) in [7, 11) is 0. The van der Waals surface area contributed by atoms with Crippen molar-refractivity contribution < 1.29 is 4.52 Å². The molecular weight excluding hydrogens is 200 g/mol. The molecule has 3 heteroatoms. The first-order valence-corrected chi connectivity index (χ1v) is 6.25. The molecule has 3 unspecified atom stereocenters. The Morgan fingerprint density at radius 2 is 2.38 bits per heavy atom. The van der Waals surface area contributed by atoms with E-state index in [1.807, 2.05) is 6.07 Å². The summed E-state index contributed by atoms with van der Waals surface area (Å²) in [5.41, 5.74) is 0. The Hall–Kier alpha value is -1.09. The molecule has 0 N–H and O–H groups in total. The molecule has 3 aliphatic rings. The summed E-state index contributed by atoms with van der Waals surface area (Å²) in [5.74, 6) is 1.81. The minimum Gasteiger partial charge on any atom is -0.357 e. The number of fused-ring (bicyclic) bond motifs is 4. The molecule has 86 valence electrons. The van der Waals surface area contributed by atoms with E-state index in [0.717, 1.165) is 11.7 Å². The van der Waals surface area contributed by atoms with Crippen LogP contribution in [0.3, 0.4) is 0 Å². The van der Waals surface area contributed by atoms with Crippen LogP contribution in [-0.4, -0.2) is 29.2 Å². The van der Waals surface area contributed by atoms with Crippen molar-refractivity contribution in [2.75, 3.05) is 13.1 Å². The van der Waals surface area contributed by atoms with Crippen LogP contribution in [0.15, 0.2) is 22.9 Å². The monoisotopic (exact) mass is 218 g/mol. The average molecular weight is 218 g/mol. The van der Waals surface area contributed by atoms with E-state index in [9.17, 15) is 0 Å². The van der Waals surface area contributed by atoms with E-state index in [2.05, 4.69) is 22.2 Å². The first kappa shape index (κ1) is 10.1. The normalized spacial score (nSPS) is 34.4. The van der Waals surface area contributed by atoms with E-state index in [0.29, 0.717) is 6.04 Å². The maximum absolute atomic E-state index is 5.08. The van der Waals surface area contributed by atoms with Crippen molar-refractivity contribution in [3.05, 3.63) is 24.1 Å². The van der Waals surface area contributed by atoms with Crippen LogP contribution < -0.4 is 0 Å². The zero-order valence-electron chi connectivity index (χ0n) is 9.51. The second kappa shape index (κ2) is 4.42. The van der Waals surface area contributed by atoms with Gasteiger partial charge in [-0.05, 0) is 50.8 Å². The van der Waals surface area contributed by atoms with E-state index in [4.69, 9.17) is 4.52 Å². The summed E-state index contributed by atoms with van der Waals surface area (Å²) in [6.07, 6.45) is 11.6. The number of rotatable bonds is 2. The Morgan fingerprint density at radius 1 is 1.38 bits per heavy atom. The van der Waals surface area contributed by atoms with Gasteiger partial charge in [-0.15, -0.1) is 0 Å². The second-order valence-corrected chi connectivity index (χ2v) is 4.91. The molecule has 4 rings (SSSR count). The van der Waals surface area contributed by atoms with Crippen molar-refractivity contribution >= 4 is 6.08 Å². The third-order valence-corrected chi connectivity index (χ3v) is 3.87. The van der Waals surface area contributed by atoms with Gasteiger partial charge in [-0.1, -0.05) is 11.2 Å².